The van der Waals surface area contributed by atoms with E-state index in [1.807, 2.05) is 0 Å². The van der Waals surface area contributed by atoms with Gasteiger partial charge in [0.1, 0.15) is 0 Å². The van der Waals surface area contributed by atoms with Crippen molar-refractivity contribution < 1.29 is 27.5 Å². The van der Waals surface area contributed by atoms with Crippen LogP contribution in [0.1, 0.15) is 13.3 Å². The number of rotatable bonds is 6. The summed E-state index contributed by atoms with van der Waals surface area (Å²) < 4.78 is 36.2. The molecule has 0 aromatic heterocycles. The summed E-state index contributed by atoms with van der Waals surface area (Å²) in [6, 6.07) is 5.84. The average Bonchev–Trinajstić information content (AvgIpc) is 2.61. The summed E-state index contributed by atoms with van der Waals surface area (Å²) in [6.45, 7) is 2.66. The molecule has 24 heavy (non-hydrogen) atoms. The van der Waals surface area contributed by atoms with E-state index in [-0.39, 0.29) is 17.9 Å². The average molecular weight is 356 g/mol. The fourth-order valence-corrected chi connectivity index (χ4v) is 3.50. The third-order valence-electron chi connectivity index (χ3n) is 3.40. The van der Waals surface area contributed by atoms with Gasteiger partial charge in [0, 0.05) is 25.2 Å². The molecular weight excluding hydrogens is 336 g/mol. The van der Waals surface area contributed by atoms with Gasteiger partial charge in [-0.1, -0.05) is 6.92 Å². The molecule has 1 heterocycles. The van der Waals surface area contributed by atoms with Crippen molar-refractivity contribution in [3.8, 4) is 0 Å². The lowest BCUT2D eigenvalue weighted by molar-refractivity contribution is -0.146. The molecule has 9 heteroatoms. The Bertz CT molecular complexity index is 680. The molecule has 1 N–H and O–H groups in total. The Kier molecular flexibility index (Phi) is 6.29. The number of nitrogens with one attached hydrogen (secondary N) is 1. The van der Waals surface area contributed by atoms with E-state index in [9.17, 15) is 18.0 Å². The number of carbonyl (C=O) groups excluding carboxylic acids is 2. The van der Waals surface area contributed by atoms with E-state index >= 15 is 0 Å². The number of hydrogen-bond donors (Lipinski definition) is 1. The molecule has 1 aromatic rings. The van der Waals surface area contributed by atoms with Gasteiger partial charge in [0.05, 0.1) is 18.1 Å². The zero-order valence-corrected chi connectivity index (χ0v) is 14.2. The number of esters is 1. The number of nitrogens with zero attached hydrogens (tertiary/aromatic N) is 1. The van der Waals surface area contributed by atoms with Crippen LogP contribution in [-0.4, -0.2) is 57.5 Å². The molecule has 1 saturated heterocycles. The van der Waals surface area contributed by atoms with Gasteiger partial charge in [-0.3, -0.25) is 9.59 Å². The van der Waals surface area contributed by atoms with Crippen LogP contribution in [0, 0.1) is 0 Å². The summed E-state index contributed by atoms with van der Waals surface area (Å²) in [5.74, 6) is -0.947. The van der Waals surface area contributed by atoms with Crippen molar-refractivity contribution in [2.24, 2.45) is 0 Å². The molecule has 8 nitrogen and oxygen atoms in total. The second kappa shape index (κ2) is 8.22. The largest absolute Gasteiger partial charge is 0.456 e. The molecule has 0 bridgehead atoms. The van der Waals surface area contributed by atoms with E-state index in [1.54, 1.807) is 6.92 Å². The van der Waals surface area contributed by atoms with Gasteiger partial charge in [0.2, 0.25) is 10.0 Å². The lowest BCUT2D eigenvalue weighted by Crippen LogP contribution is -2.40. The summed E-state index contributed by atoms with van der Waals surface area (Å²) in [6.07, 6.45) is 0.196. The predicted molar refractivity (Wildman–Crippen MR) is 85.9 cm³/mol. The first-order chi connectivity index (χ1) is 11.4. The second-order valence-electron chi connectivity index (χ2n) is 5.10. The minimum absolute atomic E-state index is 0.153. The molecule has 132 valence electrons. The number of sulfonamides is 1. The topological polar surface area (TPSA) is 102 Å². The van der Waals surface area contributed by atoms with Crippen LogP contribution in [0.3, 0.4) is 0 Å². The number of morpholine rings is 1. The van der Waals surface area contributed by atoms with Crippen molar-refractivity contribution in [1.82, 2.24) is 4.31 Å². The van der Waals surface area contributed by atoms with Crippen LogP contribution < -0.4 is 5.32 Å². The number of ether oxygens (including phenoxy) is 2. The molecule has 1 aromatic carbocycles. The highest BCUT2D eigenvalue weighted by Crippen LogP contribution is 2.19. The van der Waals surface area contributed by atoms with Gasteiger partial charge in [-0.25, -0.2) is 8.42 Å². The maximum absolute atomic E-state index is 12.5. The van der Waals surface area contributed by atoms with Crippen LogP contribution in [0.15, 0.2) is 29.2 Å². The van der Waals surface area contributed by atoms with Crippen LogP contribution in [0.5, 0.6) is 0 Å². The molecule has 1 aliphatic heterocycles. The molecule has 1 fully saturated rings. The van der Waals surface area contributed by atoms with Crippen LogP contribution in [0.4, 0.5) is 5.69 Å². The Morgan fingerprint density at radius 3 is 2.42 bits per heavy atom. The molecule has 0 spiro atoms. The van der Waals surface area contributed by atoms with Gasteiger partial charge in [0.15, 0.2) is 6.61 Å². The Balaban J connectivity index is 1.97. The first-order valence-electron chi connectivity index (χ1n) is 7.57. The van der Waals surface area contributed by atoms with E-state index in [1.165, 1.54) is 28.6 Å². The highest BCUT2D eigenvalue weighted by atomic mass is 32.2. The monoisotopic (exact) mass is 356 g/mol. The third-order valence-corrected chi connectivity index (χ3v) is 5.31. The first kappa shape index (κ1) is 18.4. The number of hydrogen-bond acceptors (Lipinski definition) is 6. The molecule has 0 aliphatic carbocycles. The van der Waals surface area contributed by atoms with Crippen molar-refractivity contribution >= 4 is 27.6 Å². The summed E-state index contributed by atoms with van der Waals surface area (Å²) in [4.78, 5) is 22.8. The van der Waals surface area contributed by atoms with Crippen LogP contribution in [-0.2, 0) is 29.1 Å². The van der Waals surface area contributed by atoms with Crippen LogP contribution in [0.2, 0.25) is 0 Å². The number of carbonyl (C=O) groups is 2. The van der Waals surface area contributed by atoms with E-state index in [0.717, 1.165) is 0 Å². The third kappa shape index (κ3) is 4.76. The lowest BCUT2D eigenvalue weighted by atomic mass is 10.3. The fraction of sp³-hybridized carbons (Fsp3) is 0.467. The number of anilines is 1. The van der Waals surface area contributed by atoms with Gasteiger partial charge in [-0.2, -0.15) is 4.31 Å². The summed E-state index contributed by atoms with van der Waals surface area (Å²) in [5, 5.41) is 2.53. The van der Waals surface area contributed by atoms with Gasteiger partial charge in [0.25, 0.3) is 5.91 Å². The van der Waals surface area contributed by atoms with E-state index in [4.69, 9.17) is 9.47 Å². The highest BCUT2D eigenvalue weighted by Gasteiger charge is 2.26. The van der Waals surface area contributed by atoms with Crippen LogP contribution in [0.25, 0.3) is 0 Å². The van der Waals surface area contributed by atoms with E-state index < -0.39 is 21.9 Å². The Morgan fingerprint density at radius 1 is 1.21 bits per heavy atom. The minimum atomic E-state index is -3.56. The molecule has 0 radical (unpaired) electrons. The number of benzene rings is 1. The van der Waals surface area contributed by atoms with Crippen molar-refractivity contribution in [3.05, 3.63) is 24.3 Å². The predicted octanol–water partition coefficient (Wildman–Crippen LogP) is 0.599. The Hall–Kier alpha value is -1.97. The highest BCUT2D eigenvalue weighted by molar-refractivity contribution is 7.89. The summed E-state index contributed by atoms with van der Waals surface area (Å²) >= 11 is 0. The SMILES string of the molecule is CCC(=O)OCC(=O)Nc1ccc(S(=O)(=O)N2CCOCC2)cc1. The molecular formula is C15H20N2O6S. The van der Waals surface area contributed by atoms with Crippen molar-refractivity contribution in [1.29, 1.82) is 0 Å². The molecule has 0 unspecified atom stereocenters. The summed E-state index contributed by atoms with van der Waals surface area (Å²) in [5.41, 5.74) is 0.425. The van der Waals surface area contributed by atoms with E-state index in [0.29, 0.717) is 32.0 Å². The zero-order chi connectivity index (χ0) is 17.6. The lowest BCUT2D eigenvalue weighted by Gasteiger charge is -2.26. The Morgan fingerprint density at radius 2 is 1.83 bits per heavy atom. The van der Waals surface area contributed by atoms with Gasteiger partial charge in [-0.15, -0.1) is 0 Å². The Labute approximate surface area is 140 Å². The van der Waals surface area contributed by atoms with Crippen molar-refractivity contribution in [2.45, 2.75) is 18.2 Å². The zero-order valence-electron chi connectivity index (χ0n) is 13.4. The molecule has 0 atom stereocenters. The smallest absolute Gasteiger partial charge is 0.306 e. The van der Waals surface area contributed by atoms with Crippen LogP contribution >= 0.6 is 0 Å². The van der Waals surface area contributed by atoms with E-state index in [2.05, 4.69) is 5.32 Å². The van der Waals surface area contributed by atoms with Gasteiger partial charge < -0.3 is 14.8 Å². The van der Waals surface area contributed by atoms with Crippen molar-refractivity contribution in [3.63, 3.8) is 0 Å². The van der Waals surface area contributed by atoms with Crippen molar-refractivity contribution in [2.75, 3.05) is 38.2 Å². The molecule has 0 saturated carbocycles. The minimum Gasteiger partial charge on any atom is -0.456 e. The maximum Gasteiger partial charge on any atom is 0.306 e. The number of amides is 1. The first-order valence-corrected chi connectivity index (χ1v) is 9.01. The quantitative estimate of drug-likeness (QED) is 0.749. The normalized spacial score (nSPS) is 15.7. The van der Waals surface area contributed by atoms with Gasteiger partial charge in [-0.05, 0) is 24.3 Å². The van der Waals surface area contributed by atoms with Gasteiger partial charge >= 0.3 is 5.97 Å². The molecule has 1 aliphatic rings. The second-order valence-corrected chi connectivity index (χ2v) is 7.04. The maximum atomic E-state index is 12.5. The fourth-order valence-electron chi connectivity index (χ4n) is 2.09. The standard InChI is InChI=1S/C15H20N2O6S/c1-2-15(19)23-11-14(18)16-12-3-5-13(6-4-12)24(20,21)17-7-9-22-10-8-17/h3-6H,2,7-11H2,1H3,(H,16,18). The molecule has 2 rings (SSSR count). The summed E-state index contributed by atoms with van der Waals surface area (Å²) in [7, 11) is -3.56. The molecule has 1 amide bonds.